The quantitative estimate of drug-likeness (QED) is 0.874. The lowest BCUT2D eigenvalue weighted by Crippen LogP contribution is -2.37. The van der Waals surface area contributed by atoms with Crippen LogP contribution in [0.3, 0.4) is 0 Å². The van der Waals surface area contributed by atoms with Crippen LogP contribution in [-0.2, 0) is 4.79 Å². The fourth-order valence-electron chi connectivity index (χ4n) is 4.45. The summed E-state index contributed by atoms with van der Waals surface area (Å²) < 4.78 is -0.417. The molecule has 1 N–H and O–H groups in total. The summed E-state index contributed by atoms with van der Waals surface area (Å²) in [6.45, 7) is 2.90. The Kier molecular flexibility index (Phi) is 4.52. The van der Waals surface area contributed by atoms with Crippen molar-refractivity contribution in [3.63, 3.8) is 0 Å². The molecule has 4 unspecified atom stereocenters. The molecule has 4 rings (SSSR count). The Balaban J connectivity index is 1.37. The van der Waals surface area contributed by atoms with Crippen LogP contribution in [0.4, 0.5) is 5.69 Å². The van der Waals surface area contributed by atoms with Gasteiger partial charge in [-0.15, -0.1) is 0 Å². The van der Waals surface area contributed by atoms with Gasteiger partial charge in [0.05, 0.1) is 6.04 Å². The van der Waals surface area contributed by atoms with E-state index >= 15 is 0 Å². The number of hydrogen-bond acceptors (Lipinski definition) is 4. The molecule has 1 aromatic carbocycles. The SMILES string of the molecule is CN(CCC1(C)SC(=NC2CC3CCC2C3)NC1=O)c1ccccc1. The van der Waals surface area contributed by atoms with E-state index in [0.717, 1.165) is 30.0 Å². The minimum atomic E-state index is -0.417. The number of carbonyl (C=O) groups excluding carboxylic acids is 1. The maximum atomic E-state index is 12.6. The lowest BCUT2D eigenvalue weighted by molar-refractivity contribution is -0.121. The van der Waals surface area contributed by atoms with Gasteiger partial charge in [0.25, 0.3) is 0 Å². The Bertz CT molecular complexity index is 677. The van der Waals surface area contributed by atoms with E-state index in [9.17, 15) is 4.79 Å². The molecule has 1 aromatic rings. The molecule has 4 atom stereocenters. The van der Waals surface area contributed by atoms with Crippen molar-refractivity contribution >= 4 is 28.5 Å². The number of aliphatic imine (C=N–C) groups is 1. The molecule has 2 aliphatic carbocycles. The number of benzene rings is 1. The van der Waals surface area contributed by atoms with Gasteiger partial charge in [-0.25, -0.2) is 0 Å². The van der Waals surface area contributed by atoms with E-state index in [1.807, 2.05) is 18.2 Å². The zero-order valence-corrected chi connectivity index (χ0v) is 15.9. The van der Waals surface area contributed by atoms with Crippen LogP contribution in [0.1, 0.15) is 39.0 Å². The maximum absolute atomic E-state index is 12.6. The van der Waals surface area contributed by atoms with Crippen LogP contribution in [0.15, 0.2) is 35.3 Å². The summed E-state index contributed by atoms with van der Waals surface area (Å²) in [7, 11) is 2.08. The normalized spacial score (nSPS) is 35.4. The molecular formula is C20H27N3OS. The second kappa shape index (κ2) is 6.67. The summed E-state index contributed by atoms with van der Waals surface area (Å²) in [4.78, 5) is 19.7. The summed E-state index contributed by atoms with van der Waals surface area (Å²) in [5, 5.41) is 3.90. The number of fused-ring (bicyclic) bond motifs is 2. The van der Waals surface area contributed by atoms with E-state index < -0.39 is 4.75 Å². The number of anilines is 1. The van der Waals surface area contributed by atoms with Crippen molar-refractivity contribution in [3.8, 4) is 0 Å². The minimum absolute atomic E-state index is 0.112. The van der Waals surface area contributed by atoms with Crippen LogP contribution in [0.5, 0.6) is 0 Å². The average molecular weight is 358 g/mol. The fourth-order valence-corrected chi connectivity index (χ4v) is 5.55. The zero-order valence-electron chi connectivity index (χ0n) is 15.1. The highest BCUT2D eigenvalue weighted by Gasteiger charge is 2.44. The third kappa shape index (κ3) is 3.43. The largest absolute Gasteiger partial charge is 0.375 e. The van der Waals surface area contributed by atoms with Gasteiger partial charge < -0.3 is 10.2 Å². The number of rotatable bonds is 5. The van der Waals surface area contributed by atoms with Crippen molar-refractivity contribution in [2.24, 2.45) is 16.8 Å². The van der Waals surface area contributed by atoms with Gasteiger partial charge in [-0.2, -0.15) is 0 Å². The zero-order chi connectivity index (χ0) is 17.4. The van der Waals surface area contributed by atoms with Gasteiger partial charge >= 0.3 is 0 Å². The van der Waals surface area contributed by atoms with Crippen LogP contribution < -0.4 is 10.2 Å². The molecule has 2 bridgehead atoms. The predicted molar refractivity (Wildman–Crippen MR) is 105 cm³/mol. The highest BCUT2D eigenvalue weighted by molar-refractivity contribution is 8.16. The van der Waals surface area contributed by atoms with Crippen LogP contribution >= 0.6 is 11.8 Å². The van der Waals surface area contributed by atoms with E-state index in [0.29, 0.717) is 6.04 Å². The molecule has 1 amide bonds. The van der Waals surface area contributed by atoms with E-state index in [2.05, 4.69) is 36.3 Å². The Morgan fingerprint density at radius 2 is 2.08 bits per heavy atom. The molecule has 3 aliphatic rings. The Morgan fingerprint density at radius 3 is 2.76 bits per heavy atom. The van der Waals surface area contributed by atoms with Crippen molar-refractivity contribution in [1.29, 1.82) is 0 Å². The van der Waals surface area contributed by atoms with E-state index in [-0.39, 0.29) is 5.91 Å². The molecule has 25 heavy (non-hydrogen) atoms. The summed E-state index contributed by atoms with van der Waals surface area (Å²) >= 11 is 1.64. The second-order valence-corrected chi connectivity index (χ2v) is 9.46. The molecule has 1 heterocycles. The maximum Gasteiger partial charge on any atom is 0.242 e. The number of nitrogens with zero attached hydrogens (tertiary/aromatic N) is 2. The van der Waals surface area contributed by atoms with E-state index in [4.69, 9.17) is 4.99 Å². The first kappa shape index (κ1) is 17.0. The third-order valence-electron chi connectivity index (χ3n) is 6.13. The summed E-state index contributed by atoms with van der Waals surface area (Å²) in [5.74, 6) is 1.75. The van der Waals surface area contributed by atoms with Gasteiger partial charge in [-0.05, 0) is 56.6 Å². The predicted octanol–water partition coefficient (Wildman–Crippen LogP) is 3.68. The third-order valence-corrected chi connectivity index (χ3v) is 7.37. The van der Waals surface area contributed by atoms with Crippen molar-refractivity contribution in [1.82, 2.24) is 5.32 Å². The van der Waals surface area contributed by atoms with Gasteiger partial charge in [-0.1, -0.05) is 36.4 Å². The number of para-hydroxylation sites is 1. The molecule has 3 fully saturated rings. The first-order valence-corrected chi connectivity index (χ1v) is 10.2. The molecule has 2 saturated carbocycles. The minimum Gasteiger partial charge on any atom is -0.375 e. The summed E-state index contributed by atoms with van der Waals surface area (Å²) in [5.41, 5.74) is 1.19. The average Bonchev–Trinajstić information content (AvgIpc) is 3.29. The van der Waals surface area contributed by atoms with Crippen molar-refractivity contribution in [2.45, 2.75) is 49.8 Å². The summed E-state index contributed by atoms with van der Waals surface area (Å²) in [6.07, 6.45) is 6.08. The Morgan fingerprint density at radius 1 is 1.28 bits per heavy atom. The number of amidine groups is 1. The van der Waals surface area contributed by atoms with Crippen molar-refractivity contribution in [3.05, 3.63) is 30.3 Å². The molecule has 5 heteroatoms. The van der Waals surface area contributed by atoms with Crippen LogP contribution in [0, 0.1) is 11.8 Å². The second-order valence-electron chi connectivity index (χ2n) is 7.97. The van der Waals surface area contributed by atoms with E-state index in [1.165, 1.54) is 31.4 Å². The van der Waals surface area contributed by atoms with Gasteiger partial charge in [-0.3, -0.25) is 9.79 Å². The number of nitrogens with one attached hydrogen (secondary N) is 1. The Hall–Kier alpha value is -1.49. The number of carbonyl (C=O) groups is 1. The highest BCUT2D eigenvalue weighted by Crippen LogP contribution is 2.46. The van der Waals surface area contributed by atoms with Crippen molar-refractivity contribution < 1.29 is 4.79 Å². The van der Waals surface area contributed by atoms with E-state index in [1.54, 1.807) is 11.8 Å². The smallest absolute Gasteiger partial charge is 0.242 e. The number of thioether (sulfide) groups is 1. The molecule has 0 aromatic heterocycles. The summed E-state index contributed by atoms with van der Waals surface area (Å²) in [6, 6.07) is 10.8. The molecule has 4 nitrogen and oxygen atoms in total. The molecule has 0 radical (unpaired) electrons. The first-order chi connectivity index (χ1) is 12.0. The topological polar surface area (TPSA) is 44.7 Å². The monoisotopic (exact) mass is 357 g/mol. The van der Waals surface area contributed by atoms with Gasteiger partial charge in [0.2, 0.25) is 5.91 Å². The van der Waals surface area contributed by atoms with Gasteiger partial charge in [0.1, 0.15) is 4.75 Å². The first-order valence-electron chi connectivity index (χ1n) is 9.38. The standard InChI is InChI=1S/C20H27N3OS/c1-20(10-11-23(2)16-6-4-3-5-7-16)18(24)22-19(25-20)21-17-13-14-8-9-15(17)12-14/h3-7,14-15,17H,8-13H2,1-2H3,(H,21,22,24). The van der Waals surface area contributed by atoms with Crippen molar-refractivity contribution in [2.75, 3.05) is 18.5 Å². The van der Waals surface area contributed by atoms with Crippen LogP contribution in [-0.4, -0.2) is 35.5 Å². The van der Waals surface area contributed by atoms with Gasteiger partial charge in [0, 0.05) is 19.3 Å². The highest BCUT2D eigenvalue weighted by atomic mass is 32.2. The number of amides is 1. The molecular weight excluding hydrogens is 330 g/mol. The molecule has 0 spiro atoms. The number of hydrogen-bond donors (Lipinski definition) is 1. The molecule has 1 saturated heterocycles. The van der Waals surface area contributed by atoms with Crippen LogP contribution in [0.2, 0.25) is 0 Å². The molecule has 1 aliphatic heterocycles. The Labute approximate surface area is 154 Å². The lowest BCUT2D eigenvalue weighted by Gasteiger charge is -2.25. The lowest BCUT2D eigenvalue weighted by atomic mass is 9.96. The molecule has 134 valence electrons. The van der Waals surface area contributed by atoms with Gasteiger partial charge in [0.15, 0.2) is 5.17 Å². The van der Waals surface area contributed by atoms with Crippen LogP contribution in [0.25, 0.3) is 0 Å². The fraction of sp³-hybridized carbons (Fsp3) is 0.600.